The van der Waals surface area contributed by atoms with Gasteiger partial charge in [0, 0.05) is 0 Å². The van der Waals surface area contributed by atoms with Gasteiger partial charge in [0.25, 0.3) is 0 Å². The van der Waals surface area contributed by atoms with Crippen LogP contribution in [0.25, 0.3) is 0 Å². The average Bonchev–Trinajstić information content (AvgIpc) is 2.71. The molecule has 1 unspecified atom stereocenters. The smallest absolute Gasteiger partial charge is 0.165 e. The Bertz CT molecular complexity index is 814. The Balaban J connectivity index is 0.000000272. The molecule has 24 heavy (non-hydrogen) atoms. The van der Waals surface area contributed by atoms with Gasteiger partial charge in [0.2, 0.25) is 0 Å². The van der Waals surface area contributed by atoms with Gasteiger partial charge in [0.05, 0.1) is 11.5 Å². The second-order valence-electron chi connectivity index (χ2n) is 4.84. The molecule has 13 heteroatoms. The van der Waals surface area contributed by atoms with Crippen molar-refractivity contribution in [1.29, 1.82) is 0 Å². The zero-order chi connectivity index (χ0) is 18.6. The normalized spacial score (nSPS) is 20.3. The molecule has 136 valence electrons. The molecular weight excluding hydrogens is 429 g/mol. The fraction of sp³-hybridized carbons (Fsp3) is 0.364. The zero-order valence-corrected chi connectivity index (χ0v) is 16.0. The Morgan fingerprint density at radius 1 is 1.12 bits per heavy atom. The molecule has 0 saturated carbocycles. The summed E-state index contributed by atoms with van der Waals surface area (Å²) in [6.45, 7) is 1.35. The SMILES string of the molecule is CC(=O)Nc1ccc([As](=O)(O)OO)cc1.O=S1(=O)CCS(=O)(=O)C1. The van der Waals surface area contributed by atoms with Crippen LogP contribution in [-0.2, 0) is 32.1 Å². The van der Waals surface area contributed by atoms with Crippen molar-refractivity contribution >= 4 is 49.8 Å². The van der Waals surface area contributed by atoms with Gasteiger partial charge in [-0.2, -0.15) is 0 Å². The summed E-state index contributed by atoms with van der Waals surface area (Å²) in [6, 6.07) is 5.50. The number of hydrogen-bond acceptors (Lipinski definition) is 8. The molecule has 1 aromatic carbocycles. The van der Waals surface area contributed by atoms with E-state index < -0.39 is 38.9 Å². The number of rotatable bonds is 3. The van der Waals surface area contributed by atoms with Crippen molar-refractivity contribution in [3.8, 4) is 0 Å². The first-order valence-corrected chi connectivity index (χ1v) is 13.3. The van der Waals surface area contributed by atoms with Crippen molar-refractivity contribution in [2.45, 2.75) is 6.92 Å². The van der Waals surface area contributed by atoms with Gasteiger partial charge >= 0.3 is 88.4 Å². The maximum absolute atomic E-state index is 11.2. The Morgan fingerprint density at radius 2 is 1.58 bits per heavy atom. The van der Waals surface area contributed by atoms with Gasteiger partial charge in [0.1, 0.15) is 0 Å². The molecule has 1 atom stereocenters. The largest absolute Gasteiger partial charge is 0.228 e. The number of amides is 1. The standard InChI is InChI=1S/C8H10AsNO5.C3H6O4S2/c1-6(11)10-8-4-2-7(3-5-8)9(12,13)15-14;4-8(5)1-2-9(6,7)3-8/h2-5,14H,1H3,(H,10,11)(H,12,13);1-3H2. The van der Waals surface area contributed by atoms with Gasteiger partial charge in [-0.3, -0.25) is 0 Å². The van der Waals surface area contributed by atoms with Gasteiger partial charge in [-0.15, -0.1) is 0 Å². The van der Waals surface area contributed by atoms with Crippen LogP contribution in [0.4, 0.5) is 5.69 Å². The Kier molecular flexibility index (Phi) is 6.79. The van der Waals surface area contributed by atoms with Crippen molar-refractivity contribution in [2.75, 3.05) is 21.9 Å². The fourth-order valence-corrected chi connectivity index (χ4v) is 8.09. The summed E-state index contributed by atoms with van der Waals surface area (Å²) < 4.78 is 65.7. The fourth-order valence-electron chi connectivity index (χ4n) is 1.63. The van der Waals surface area contributed by atoms with E-state index in [0.29, 0.717) is 5.69 Å². The molecule has 1 amide bonds. The summed E-state index contributed by atoms with van der Waals surface area (Å²) in [5, 5.41) is 10.0. The van der Waals surface area contributed by atoms with Gasteiger partial charge in [-0.25, -0.2) is 16.8 Å². The van der Waals surface area contributed by atoms with E-state index in [4.69, 9.17) is 9.35 Å². The molecule has 1 saturated heterocycles. The minimum Gasteiger partial charge on any atom is -0.228 e. The van der Waals surface area contributed by atoms with Crippen molar-refractivity contribution in [3.63, 3.8) is 0 Å². The summed E-state index contributed by atoms with van der Waals surface area (Å²) in [6.07, 6.45) is 0. The van der Waals surface area contributed by atoms with Gasteiger partial charge in [-0.1, -0.05) is 0 Å². The van der Waals surface area contributed by atoms with Gasteiger partial charge < -0.3 is 0 Å². The minimum absolute atomic E-state index is 0.00438. The number of carbonyl (C=O) groups is 1. The summed E-state index contributed by atoms with van der Waals surface area (Å²) >= 11 is -4.76. The molecule has 0 spiro atoms. The third-order valence-corrected chi connectivity index (χ3v) is 9.93. The molecule has 1 fully saturated rings. The Labute approximate surface area is 141 Å². The summed E-state index contributed by atoms with van der Waals surface area (Å²) in [5.74, 6) is -0.635. The molecule has 10 nitrogen and oxygen atoms in total. The maximum Gasteiger partial charge on any atom is 0.165 e. The number of carbonyl (C=O) groups excluding carboxylic acids is 1. The maximum atomic E-state index is 11.2. The first-order valence-electron chi connectivity index (χ1n) is 6.32. The first kappa shape index (κ1) is 20.9. The molecule has 1 aliphatic heterocycles. The van der Waals surface area contributed by atoms with Crippen molar-refractivity contribution < 1.29 is 38.6 Å². The van der Waals surface area contributed by atoms with Gasteiger partial charge in [0.15, 0.2) is 24.8 Å². The van der Waals surface area contributed by atoms with Crippen LogP contribution in [0.15, 0.2) is 24.3 Å². The van der Waals surface area contributed by atoms with Crippen molar-refractivity contribution in [3.05, 3.63) is 24.3 Å². The molecule has 1 heterocycles. The first-order chi connectivity index (χ1) is 10.9. The van der Waals surface area contributed by atoms with E-state index in [0.717, 1.165) is 0 Å². The topological polar surface area (TPSA) is 164 Å². The van der Waals surface area contributed by atoms with Crippen LogP contribution in [-0.4, -0.2) is 62.9 Å². The molecule has 1 aliphatic rings. The van der Waals surface area contributed by atoms with E-state index in [-0.39, 0.29) is 21.8 Å². The molecule has 0 radical (unpaired) electrons. The second-order valence-corrected chi connectivity index (χ2v) is 13.2. The number of nitrogens with one attached hydrogen (secondary N) is 1. The second kappa shape index (κ2) is 7.81. The van der Waals surface area contributed by atoms with E-state index in [1.807, 2.05) is 0 Å². The molecule has 2 rings (SSSR count). The summed E-state index contributed by atoms with van der Waals surface area (Å²) in [7, 11) is -6.48. The van der Waals surface area contributed by atoms with E-state index in [1.165, 1.54) is 31.2 Å². The summed E-state index contributed by atoms with van der Waals surface area (Å²) in [5.41, 5.74) is 0.500. The summed E-state index contributed by atoms with van der Waals surface area (Å²) in [4.78, 5) is 10.7. The van der Waals surface area contributed by atoms with E-state index in [2.05, 4.69) is 9.19 Å². The third kappa shape index (κ3) is 6.75. The van der Waals surface area contributed by atoms with Crippen molar-refractivity contribution in [1.82, 2.24) is 0 Å². The van der Waals surface area contributed by atoms with Crippen molar-refractivity contribution in [2.24, 2.45) is 0 Å². The molecule has 1 aromatic rings. The number of anilines is 1. The number of sulfone groups is 2. The third-order valence-electron chi connectivity index (χ3n) is 2.69. The molecule has 3 N–H and O–H groups in total. The predicted molar refractivity (Wildman–Crippen MR) is 85.2 cm³/mol. The van der Waals surface area contributed by atoms with Crippen LogP contribution in [0, 0.1) is 0 Å². The minimum atomic E-state index is -4.76. The van der Waals surface area contributed by atoms with E-state index >= 15 is 0 Å². The quantitative estimate of drug-likeness (QED) is 0.285. The molecule has 0 aliphatic carbocycles. The monoisotopic (exact) mass is 445 g/mol. The molecule has 0 aromatic heterocycles. The van der Waals surface area contributed by atoms with E-state index in [9.17, 15) is 25.4 Å². The van der Waals surface area contributed by atoms with Crippen LogP contribution >= 0.6 is 0 Å². The van der Waals surface area contributed by atoms with Crippen LogP contribution in [0.5, 0.6) is 0 Å². The number of hydrogen-bond donors (Lipinski definition) is 3. The molecule has 0 bridgehead atoms. The Hall–Kier alpha value is -1.17. The van der Waals surface area contributed by atoms with Crippen LogP contribution in [0.1, 0.15) is 6.92 Å². The van der Waals surface area contributed by atoms with Crippen LogP contribution in [0.2, 0.25) is 0 Å². The molecular formula is C11H16AsNO9S2. The number of benzene rings is 1. The van der Waals surface area contributed by atoms with Crippen LogP contribution < -0.4 is 9.67 Å². The zero-order valence-electron chi connectivity index (χ0n) is 12.4. The predicted octanol–water partition coefficient (Wildman–Crippen LogP) is -1.51. The van der Waals surface area contributed by atoms with Gasteiger partial charge in [-0.05, 0) is 0 Å². The average molecular weight is 445 g/mol. The van der Waals surface area contributed by atoms with Crippen LogP contribution in [0.3, 0.4) is 0 Å². The van der Waals surface area contributed by atoms with E-state index in [1.54, 1.807) is 0 Å². The Morgan fingerprint density at radius 3 is 1.88 bits per heavy atom.